The Morgan fingerprint density at radius 2 is 1.54 bits per heavy atom. The monoisotopic (exact) mass is 368 g/mol. The van der Waals surface area contributed by atoms with Gasteiger partial charge in [0, 0.05) is 7.11 Å². The molecule has 0 heterocycles. The van der Waals surface area contributed by atoms with E-state index in [-0.39, 0.29) is 5.60 Å². The first-order valence-electron chi connectivity index (χ1n) is 10.5. The number of hydrogen-bond donors (Lipinski definition) is 0. The molecule has 150 valence electrons. The standard InChI is InChI=1S/C23H38F2O/c1-5-8-9-10-11-12-13-20(23(6-2,7-3)26-4)16-14-19-15-17-21(24)22(25)18-19/h15,17-18,20H,5-14,16H2,1-4H3. The van der Waals surface area contributed by atoms with E-state index in [2.05, 4.69) is 20.8 Å². The summed E-state index contributed by atoms with van der Waals surface area (Å²) >= 11 is 0. The van der Waals surface area contributed by atoms with Gasteiger partial charge in [-0.1, -0.05) is 65.4 Å². The van der Waals surface area contributed by atoms with Gasteiger partial charge in [-0.3, -0.25) is 0 Å². The van der Waals surface area contributed by atoms with Crippen LogP contribution in [0, 0.1) is 17.6 Å². The lowest BCUT2D eigenvalue weighted by molar-refractivity contribution is -0.0704. The molecular formula is C23H38F2O. The minimum absolute atomic E-state index is 0.109. The molecule has 1 aromatic carbocycles. The van der Waals surface area contributed by atoms with Crippen LogP contribution in [0.1, 0.15) is 90.5 Å². The average Bonchev–Trinajstić information content (AvgIpc) is 2.66. The highest BCUT2D eigenvalue weighted by Crippen LogP contribution is 2.36. The lowest BCUT2D eigenvalue weighted by Crippen LogP contribution is -2.39. The first-order chi connectivity index (χ1) is 12.5. The summed E-state index contributed by atoms with van der Waals surface area (Å²) < 4.78 is 32.6. The van der Waals surface area contributed by atoms with Gasteiger partial charge in [-0.15, -0.1) is 0 Å². The van der Waals surface area contributed by atoms with Crippen LogP contribution in [0.4, 0.5) is 8.78 Å². The topological polar surface area (TPSA) is 9.23 Å². The van der Waals surface area contributed by atoms with E-state index in [0.717, 1.165) is 37.7 Å². The number of halogens is 2. The number of unbranched alkanes of at least 4 members (excludes halogenated alkanes) is 5. The van der Waals surface area contributed by atoms with Crippen molar-refractivity contribution in [2.75, 3.05) is 7.11 Å². The molecule has 0 bridgehead atoms. The second kappa shape index (κ2) is 12.4. The second-order valence-corrected chi connectivity index (χ2v) is 7.52. The maximum absolute atomic E-state index is 13.5. The molecule has 0 saturated carbocycles. The smallest absolute Gasteiger partial charge is 0.159 e. The molecule has 0 aliphatic rings. The van der Waals surface area contributed by atoms with Gasteiger partial charge in [-0.05, 0) is 55.7 Å². The molecule has 0 aliphatic heterocycles. The molecule has 0 saturated heterocycles. The molecule has 0 aliphatic carbocycles. The Hall–Kier alpha value is -0.960. The first-order valence-corrected chi connectivity index (χ1v) is 10.5. The van der Waals surface area contributed by atoms with E-state index in [4.69, 9.17) is 4.74 Å². The van der Waals surface area contributed by atoms with E-state index in [0.29, 0.717) is 5.92 Å². The summed E-state index contributed by atoms with van der Waals surface area (Å²) in [4.78, 5) is 0. The van der Waals surface area contributed by atoms with Crippen molar-refractivity contribution in [3.8, 4) is 0 Å². The molecule has 0 fully saturated rings. The number of ether oxygens (including phenoxy) is 1. The molecule has 1 aromatic rings. The highest BCUT2D eigenvalue weighted by molar-refractivity contribution is 5.18. The third kappa shape index (κ3) is 6.98. The van der Waals surface area contributed by atoms with E-state index in [1.54, 1.807) is 6.07 Å². The minimum atomic E-state index is -0.772. The number of rotatable bonds is 14. The maximum atomic E-state index is 13.5. The zero-order chi connectivity index (χ0) is 19.4. The fourth-order valence-electron chi connectivity index (χ4n) is 4.16. The first kappa shape index (κ1) is 23.1. The van der Waals surface area contributed by atoms with E-state index in [9.17, 15) is 8.78 Å². The fourth-order valence-corrected chi connectivity index (χ4v) is 4.16. The van der Waals surface area contributed by atoms with Crippen molar-refractivity contribution in [2.24, 2.45) is 5.92 Å². The van der Waals surface area contributed by atoms with Crippen molar-refractivity contribution in [3.63, 3.8) is 0 Å². The van der Waals surface area contributed by atoms with Crippen molar-refractivity contribution in [1.82, 2.24) is 0 Å². The third-order valence-corrected chi connectivity index (χ3v) is 6.02. The molecule has 0 amide bonds. The minimum Gasteiger partial charge on any atom is -0.378 e. The van der Waals surface area contributed by atoms with Crippen LogP contribution in [0.25, 0.3) is 0 Å². The van der Waals surface area contributed by atoms with Crippen LogP contribution in [0.5, 0.6) is 0 Å². The Morgan fingerprint density at radius 1 is 0.885 bits per heavy atom. The average molecular weight is 369 g/mol. The predicted octanol–water partition coefficient (Wildman–Crippen LogP) is 7.47. The van der Waals surface area contributed by atoms with Crippen LogP contribution >= 0.6 is 0 Å². The summed E-state index contributed by atoms with van der Waals surface area (Å²) in [6.07, 6.45) is 12.6. The molecule has 0 aromatic heterocycles. The number of methoxy groups -OCH3 is 1. The van der Waals surface area contributed by atoms with Crippen LogP contribution in [-0.4, -0.2) is 12.7 Å². The zero-order valence-electron chi connectivity index (χ0n) is 17.3. The number of hydrogen-bond acceptors (Lipinski definition) is 1. The quantitative estimate of drug-likeness (QED) is 0.309. The Bertz CT molecular complexity index is 489. The maximum Gasteiger partial charge on any atom is 0.159 e. The van der Waals surface area contributed by atoms with E-state index < -0.39 is 11.6 Å². The summed E-state index contributed by atoms with van der Waals surface area (Å²) in [7, 11) is 1.82. The molecule has 0 N–H and O–H groups in total. The molecule has 1 rings (SSSR count). The Labute approximate surface area is 159 Å². The fraction of sp³-hybridized carbons (Fsp3) is 0.739. The van der Waals surface area contributed by atoms with E-state index in [1.165, 1.54) is 50.7 Å². The second-order valence-electron chi connectivity index (χ2n) is 7.52. The van der Waals surface area contributed by atoms with Crippen LogP contribution in [0.15, 0.2) is 18.2 Å². The van der Waals surface area contributed by atoms with Gasteiger partial charge < -0.3 is 4.74 Å². The molecular weight excluding hydrogens is 330 g/mol. The molecule has 1 unspecified atom stereocenters. The van der Waals surface area contributed by atoms with Gasteiger partial charge >= 0.3 is 0 Å². The molecule has 0 spiro atoms. The Balaban J connectivity index is 2.68. The van der Waals surface area contributed by atoms with Gasteiger partial charge in [0.1, 0.15) is 0 Å². The number of benzene rings is 1. The van der Waals surface area contributed by atoms with Crippen LogP contribution in [0.2, 0.25) is 0 Å². The highest BCUT2D eigenvalue weighted by Gasteiger charge is 2.34. The summed E-state index contributed by atoms with van der Waals surface area (Å²) in [5, 5.41) is 0. The number of aryl methyl sites for hydroxylation is 1. The highest BCUT2D eigenvalue weighted by atomic mass is 19.2. The SMILES string of the molecule is CCCCCCCCC(CCc1ccc(F)c(F)c1)C(CC)(CC)OC. The Kier molecular flexibility index (Phi) is 11.0. The van der Waals surface area contributed by atoms with Crippen LogP contribution < -0.4 is 0 Å². The lowest BCUT2D eigenvalue weighted by Gasteiger charge is -2.39. The van der Waals surface area contributed by atoms with Crippen molar-refractivity contribution >= 4 is 0 Å². The summed E-state index contributed by atoms with van der Waals surface area (Å²) in [6.45, 7) is 6.63. The van der Waals surface area contributed by atoms with Crippen LogP contribution in [-0.2, 0) is 11.2 Å². The van der Waals surface area contributed by atoms with Crippen molar-refractivity contribution in [1.29, 1.82) is 0 Å². The molecule has 1 atom stereocenters. The van der Waals surface area contributed by atoms with Crippen molar-refractivity contribution in [2.45, 2.75) is 97.0 Å². The van der Waals surface area contributed by atoms with Crippen molar-refractivity contribution in [3.05, 3.63) is 35.4 Å². The molecule has 1 nitrogen and oxygen atoms in total. The van der Waals surface area contributed by atoms with Gasteiger partial charge in [0.25, 0.3) is 0 Å². The molecule has 26 heavy (non-hydrogen) atoms. The van der Waals surface area contributed by atoms with Crippen molar-refractivity contribution < 1.29 is 13.5 Å². The zero-order valence-corrected chi connectivity index (χ0v) is 17.3. The van der Waals surface area contributed by atoms with Crippen LogP contribution in [0.3, 0.4) is 0 Å². The van der Waals surface area contributed by atoms with E-state index >= 15 is 0 Å². The van der Waals surface area contributed by atoms with Gasteiger partial charge in [0.2, 0.25) is 0 Å². The Morgan fingerprint density at radius 3 is 2.12 bits per heavy atom. The summed E-state index contributed by atoms with van der Waals surface area (Å²) in [5.41, 5.74) is 0.760. The van der Waals surface area contributed by atoms with E-state index in [1.807, 2.05) is 7.11 Å². The van der Waals surface area contributed by atoms with Gasteiger partial charge in [0.05, 0.1) is 5.60 Å². The molecule has 3 heteroatoms. The van der Waals surface area contributed by atoms with Gasteiger partial charge in [-0.25, -0.2) is 8.78 Å². The normalized spacial score (nSPS) is 13.2. The largest absolute Gasteiger partial charge is 0.378 e. The summed E-state index contributed by atoms with van der Waals surface area (Å²) in [6, 6.07) is 4.27. The lowest BCUT2D eigenvalue weighted by atomic mass is 9.76. The third-order valence-electron chi connectivity index (χ3n) is 6.02. The summed E-state index contributed by atoms with van der Waals surface area (Å²) in [5.74, 6) is -1.08. The van der Waals surface area contributed by atoms with Gasteiger partial charge in [-0.2, -0.15) is 0 Å². The predicted molar refractivity (Wildman–Crippen MR) is 106 cm³/mol. The molecule has 0 radical (unpaired) electrons. The van der Waals surface area contributed by atoms with Gasteiger partial charge in [0.15, 0.2) is 11.6 Å².